The van der Waals surface area contributed by atoms with Crippen LogP contribution in [0, 0.1) is 6.92 Å². The van der Waals surface area contributed by atoms with Gasteiger partial charge in [-0.25, -0.2) is 4.57 Å². The van der Waals surface area contributed by atoms with Crippen LogP contribution in [0.4, 0.5) is 11.5 Å². The highest BCUT2D eigenvalue weighted by molar-refractivity contribution is 6.72. The minimum atomic E-state index is 0.340. The third-order valence-electron chi connectivity index (χ3n) is 5.25. The Balaban J connectivity index is 2.01. The lowest BCUT2D eigenvalue weighted by atomic mass is 9.54. The van der Waals surface area contributed by atoms with E-state index in [0.29, 0.717) is 6.85 Å². The smallest absolute Gasteiger partial charge is 0.287 e. The van der Waals surface area contributed by atoms with Gasteiger partial charge in [0, 0.05) is 17.0 Å². The Morgan fingerprint density at radius 1 is 0.958 bits per heavy atom. The maximum atomic E-state index is 2.46. The Morgan fingerprint density at radius 2 is 1.67 bits per heavy atom. The number of hydrogen-bond acceptors (Lipinski definition) is 1. The van der Waals surface area contributed by atoms with Gasteiger partial charge in [0.1, 0.15) is 11.2 Å². The molecule has 1 aliphatic rings. The fraction of sp³-hybridized carbons (Fsp3) is 0.190. The first kappa shape index (κ1) is 15.0. The van der Waals surface area contributed by atoms with Gasteiger partial charge in [-0.15, -0.1) is 0 Å². The first-order valence-electron chi connectivity index (χ1n) is 8.53. The van der Waals surface area contributed by atoms with Crippen molar-refractivity contribution in [3.05, 3.63) is 71.2 Å². The zero-order chi connectivity index (χ0) is 16.8. The van der Waals surface area contributed by atoms with Gasteiger partial charge in [-0.05, 0) is 38.4 Å². The second-order valence-corrected chi connectivity index (χ2v) is 6.75. The topological polar surface area (TPSA) is 7.12 Å². The van der Waals surface area contributed by atoms with E-state index in [1.165, 1.54) is 39.0 Å². The van der Waals surface area contributed by atoms with Crippen molar-refractivity contribution < 1.29 is 4.57 Å². The summed E-state index contributed by atoms with van der Waals surface area (Å²) in [5, 5.41) is 1.31. The van der Waals surface area contributed by atoms with Crippen LogP contribution in [0.1, 0.15) is 18.1 Å². The van der Waals surface area contributed by atoms with E-state index in [9.17, 15) is 0 Å². The number of anilines is 2. The minimum absolute atomic E-state index is 0.340. The van der Waals surface area contributed by atoms with E-state index < -0.39 is 0 Å². The van der Waals surface area contributed by atoms with Crippen LogP contribution in [-0.2, 0) is 7.05 Å². The molecular weight excluding hydrogens is 291 g/mol. The SMILES string of the molecule is CB1C(C)=Cc2ccccc2N1c1cc(C)c2ccccc2[n+]1C. The summed E-state index contributed by atoms with van der Waals surface area (Å²) >= 11 is 0. The molecule has 1 aliphatic heterocycles. The van der Waals surface area contributed by atoms with Crippen molar-refractivity contribution in [2.45, 2.75) is 20.7 Å². The normalized spacial score (nSPS) is 13.9. The van der Waals surface area contributed by atoms with E-state index in [-0.39, 0.29) is 0 Å². The molecule has 0 aliphatic carbocycles. The van der Waals surface area contributed by atoms with Crippen LogP contribution in [0.3, 0.4) is 0 Å². The molecule has 0 amide bonds. The zero-order valence-corrected chi connectivity index (χ0v) is 14.7. The number of nitrogens with zero attached hydrogens (tertiary/aromatic N) is 2. The van der Waals surface area contributed by atoms with E-state index in [4.69, 9.17) is 0 Å². The van der Waals surface area contributed by atoms with Crippen LogP contribution in [0.2, 0.25) is 6.82 Å². The van der Waals surface area contributed by atoms with Crippen molar-refractivity contribution in [3.63, 3.8) is 0 Å². The van der Waals surface area contributed by atoms with Gasteiger partial charge in [0.15, 0.2) is 0 Å². The molecule has 0 unspecified atom stereocenters. The quantitative estimate of drug-likeness (QED) is 0.467. The highest BCUT2D eigenvalue weighted by Crippen LogP contribution is 2.36. The predicted molar refractivity (Wildman–Crippen MR) is 104 cm³/mol. The Labute approximate surface area is 144 Å². The number of aromatic nitrogens is 1. The fourth-order valence-corrected chi connectivity index (χ4v) is 3.75. The van der Waals surface area contributed by atoms with Gasteiger partial charge in [-0.1, -0.05) is 47.9 Å². The molecule has 24 heavy (non-hydrogen) atoms. The molecule has 3 aromatic rings. The summed E-state index contributed by atoms with van der Waals surface area (Å²) < 4.78 is 2.31. The highest BCUT2D eigenvalue weighted by Gasteiger charge is 2.36. The number of aryl methyl sites for hydroxylation is 2. The van der Waals surface area contributed by atoms with Crippen molar-refractivity contribution in [2.75, 3.05) is 4.81 Å². The summed E-state index contributed by atoms with van der Waals surface area (Å²) in [6.45, 7) is 7.05. The highest BCUT2D eigenvalue weighted by atomic mass is 15.2. The number of para-hydroxylation sites is 2. The summed E-state index contributed by atoms with van der Waals surface area (Å²) in [6.07, 6.45) is 2.31. The average Bonchev–Trinajstić information content (AvgIpc) is 2.60. The number of hydrogen-bond donors (Lipinski definition) is 0. The maximum Gasteiger partial charge on any atom is 0.405 e. The molecule has 2 nitrogen and oxygen atoms in total. The summed E-state index contributed by atoms with van der Waals surface area (Å²) in [7, 11) is 2.17. The van der Waals surface area contributed by atoms with Crippen LogP contribution in [0.25, 0.3) is 17.0 Å². The lowest BCUT2D eigenvalue weighted by Crippen LogP contribution is -2.45. The van der Waals surface area contributed by atoms with Gasteiger partial charge >= 0.3 is 6.85 Å². The standard InChI is InChI=1S/C21H22BN2/c1-15-13-21(23(4)20-12-8-6-10-18(15)20)24-19-11-7-5-9-17(19)14-16(2)22(24)3/h5-14H,1-4H3/q+1. The molecule has 2 heterocycles. The molecule has 0 radical (unpaired) electrons. The molecule has 0 saturated heterocycles. The Kier molecular flexibility index (Phi) is 3.45. The van der Waals surface area contributed by atoms with Gasteiger partial charge in [-0.2, -0.15) is 0 Å². The van der Waals surface area contributed by atoms with E-state index >= 15 is 0 Å². The molecule has 0 atom stereocenters. The third kappa shape index (κ3) is 2.15. The van der Waals surface area contributed by atoms with E-state index in [0.717, 1.165) is 0 Å². The Hall–Kier alpha value is -2.55. The van der Waals surface area contributed by atoms with Crippen LogP contribution in [0.15, 0.2) is 60.1 Å². The maximum absolute atomic E-state index is 2.46. The summed E-state index contributed by atoms with van der Waals surface area (Å²) in [6, 6.07) is 19.6. The molecule has 4 rings (SSSR count). The van der Waals surface area contributed by atoms with E-state index in [1.807, 2.05) is 0 Å². The Bertz CT molecular complexity index is 975. The van der Waals surface area contributed by atoms with Crippen LogP contribution in [0.5, 0.6) is 0 Å². The van der Waals surface area contributed by atoms with Crippen molar-refractivity contribution in [3.8, 4) is 0 Å². The Morgan fingerprint density at radius 3 is 2.50 bits per heavy atom. The monoisotopic (exact) mass is 313 g/mol. The number of fused-ring (bicyclic) bond motifs is 2. The van der Waals surface area contributed by atoms with Gasteiger partial charge in [0.2, 0.25) is 0 Å². The van der Waals surface area contributed by atoms with E-state index in [1.54, 1.807) is 0 Å². The van der Waals surface area contributed by atoms with Crippen molar-refractivity contribution in [1.29, 1.82) is 0 Å². The summed E-state index contributed by atoms with van der Waals surface area (Å²) in [5.74, 6) is 1.23. The van der Waals surface area contributed by atoms with Gasteiger partial charge < -0.3 is 0 Å². The first-order chi connectivity index (χ1) is 11.6. The van der Waals surface area contributed by atoms with Gasteiger partial charge in [0.05, 0.1) is 7.05 Å². The van der Waals surface area contributed by atoms with Gasteiger partial charge in [0.25, 0.3) is 5.82 Å². The van der Waals surface area contributed by atoms with E-state index in [2.05, 4.69) is 97.8 Å². The van der Waals surface area contributed by atoms with Crippen LogP contribution in [-0.4, -0.2) is 6.85 Å². The fourth-order valence-electron chi connectivity index (χ4n) is 3.75. The zero-order valence-electron chi connectivity index (χ0n) is 14.7. The molecule has 0 fully saturated rings. The molecule has 118 valence electrons. The number of benzene rings is 2. The second kappa shape index (κ2) is 5.52. The van der Waals surface area contributed by atoms with Crippen LogP contribution < -0.4 is 9.38 Å². The molecular formula is C21H22BN2+. The third-order valence-corrected chi connectivity index (χ3v) is 5.25. The summed E-state index contributed by atoms with van der Waals surface area (Å²) in [5.41, 5.74) is 6.54. The minimum Gasteiger partial charge on any atom is -0.287 e. The second-order valence-electron chi connectivity index (χ2n) is 6.75. The van der Waals surface area contributed by atoms with Crippen LogP contribution >= 0.6 is 0 Å². The first-order valence-corrected chi connectivity index (χ1v) is 8.53. The number of pyridine rings is 1. The lowest BCUT2D eigenvalue weighted by molar-refractivity contribution is -0.631. The number of rotatable bonds is 1. The molecule has 0 saturated carbocycles. The van der Waals surface area contributed by atoms with Crippen molar-refractivity contribution in [2.24, 2.45) is 7.05 Å². The molecule has 0 bridgehead atoms. The molecule has 3 heteroatoms. The summed E-state index contributed by atoms with van der Waals surface area (Å²) in [4.78, 5) is 2.46. The lowest BCUT2D eigenvalue weighted by Gasteiger charge is -2.29. The molecule has 0 spiro atoms. The average molecular weight is 313 g/mol. The van der Waals surface area contributed by atoms with Crippen molar-refractivity contribution >= 4 is 35.3 Å². The number of allylic oxidation sites excluding steroid dienone is 1. The van der Waals surface area contributed by atoms with Crippen molar-refractivity contribution in [1.82, 2.24) is 0 Å². The molecule has 0 N–H and O–H groups in total. The molecule has 1 aromatic heterocycles. The largest absolute Gasteiger partial charge is 0.405 e. The van der Waals surface area contributed by atoms with Gasteiger partial charge in [-0.3, -0.25) is 4.81 Å². The molecule has 2 aromatic carbocycles. The predicted octanol–water partition coefficient (Wildman–Crippen LogP) is 4.69.